The number of hydrogen-bond acceptors (Lipinski definition) is 2. The lowest BCUT2D eigenvalue weighted by Crippen LogP contribution is -2.30. The van der Waals surface area contributed by atoms with Gasteiger partial charge in [-0.25, -0.2) is 0 Å². The summed E-state index contributed by atoms with van der Waals surface area (Å²) < 4.78 is 0. The fraction of sp³-hybridized carbons (Fsp3) is 0.636. The predicted molar refractivity (Wildman–Crippen MR) is 57.0 cm³/mol. The summed E-state index contributed by atoms with van der Waals surface area (Å²) in [4.78, 5) is 21.8. The molecule has 14 heavy (non-hydrogen) atoms. The van der Waals surface area contributed by atoms with Gasteiger partial charge in [-0.3, -0.25) is 9.59 Å². The summed E-state index contributed by atoms with van der Waals surface area (Å²) in [6, 6.07) is 0. The maximum Gasteiger partial charge on any atom is 0.287 e. The third-order valence-electron chi connectivity index (χ3n) is 1.79. The third kappa shape index (κ3) is 6.40. The molecule has 3 heteroatoms. The zero-order chi connectivity index (χ0) is 10.8. The molecule has 0 atom stereocenters. The Kier molecular flexibility index (Phi) is 7.80. The molecular weight excluding hydrogens is 178 g/mol. The van der Waals surface area contributed by atoms with E-state index in [1.54, 1.807) is 6.92 Å². The molecule has 0 fully saturated rings. The van der Waals surface area contributed by atoms with E-state index in [1.807, 2.05) is 6.08 Å². The molecule has 0 rings (SSSR count). The number of carbonyl (C=O) groups excluding carboxylic acids is 2. The van der Waals surface area contributed by atoms with Crippen LogP contribution < -0.4 is 5.32 Å². The molecule has 0 unspecified atom stereocenters. The van der Waals surface area contributed by atoms with Gasteiger partial charge in [0.25, 0.3) is 5.91 Å². The van der Waals surface area contributed by atoms with E-state index in [4.69, 9.17) is 0 Å². The molecule has 0 radical (unpaired) electrons. The van der Waals surface area contributed by atoms with Gasteiger partial charge >= 0.3 is 0 Å². The van der Waals surface area contributed by atoms with E-state index in [0.29, 0.717) is 6.54 Å². The van der Waals surface area contributed by atoms with Crippen LogP contribution in [0.5, 0.6) is 0 Å². The van der Waals surface area contributed by atoms with Gasteiger partial charge in [0.2, 0.25) is 5.78 Å². The molecule has 3 nitrogen and oxygen atoms in total. The predicted octanol–water partition coefficient (Wildman–Crippen LogP) is 1.83. The molecule has 0 saturated heterocycles. The Bertz CT molecular complexity index is 209. The van der Waals surface area contributed by atoms with E-state index in [2.05, 4.69) is 18.3 Å². The second-order valence-electron chi connectivity index (χ2n) is 3.08. The SMILES string of the molecule is CCCC=CCCNC(=O)C(=O)CC. The van der Waals surface area contributed by atoms with Crippen molar-refractivity contribution < 1.29 is 9.59 Å². The van der Waals surface area contributed by atoms with Crippen LogP contribution >= 0.6 is 0 Å². The van der Waals surface area contributed by atoms with Gasteiger partial charge in [-0.05, 0) is 12.8 Å². The highest BCUT2D eigenvalue weighted by molar-refractivity contribution is 6.36. The Hall–Kier alpha value is -1.12. The van der Waals surface area contributed by atoms with Gasteiger partial charge in [-0.1, -0.05) is 32.4 Å². The maximum absolute atomic E-state index is 11.0. The Morgan fingerprint density at radius 3 is 2.36 bits per heavy atom. The molecule has 0 aromatic rings. The zero-order valence-corrected chi connectivity index (χ0v) is 9.01. The van der Waals surface area contributed by atoms with E-state index >= 15 is 0 Å². The topological polar surface area (TPSA) is 46.2 Å². The number of carbonyl (C=O) groups is 2. The van der Waals surface area contributed by atoms with Gasteiger partial charge < -0.3 is 5.32 Å². The third-order valence-corrected chi connectivity index (χ3v) is 1.79. The fourth-order valence-electron chi connectivity index (χ4n) is 0.931. The minimum Gasteiger partial charge on any atom is -0.349 e. The second kappa shape index (κ2) is 8.48. The molecule has 0 spiro atoms. The van der Waals surface area contributed by atoms with E-state index in [-0.39, 0.29) is 12.2 Å². The lowest BCUT2D eigenvalue weighted by molar-refractivity contribution is -0.137. The number of ketones is 1. The summed E-state index contributed by atoms with van der Waals surface area (Å²) in [5.41, 5.74) is 0. The Morgan fingerprint density at radius 1 is 1.14 bits per heavy atom. The summed E-state index contributed by atoms with van der Waals surface area (Å²) in [5, 5.41) is 2.57. The van der Waals surface area contributed by atoms with Crippen LogP contribution in [0.3, 0.4) is 0 Å². The van der Waals surface area contributed by atoms with Crippen LogP contribution in [-0.4, -0.2) is 18.2 Å². The number of rotatable bonds is 7. The Morgan fingerprint density at radius 2 is 1.79 bits per heavy atom. The van der Waals surface area contributed by atoms with Crippen LogP contribution in [0.2, 0.25) is 0 Å². The number of hydrogen-bond donors (Lipinski definition) is 1. The number of amides is 1. The first-order valence-electron chi connectivity index (χ1n) is 5.18. The van der Waals surface area contributed by atoms with Crippen LogP contribution in [0, 0.1) is 0 Å². The highest BCUT2D eigenvalue weighted by atomic mass is 16.2. The van der Waals surface area contributed by atoms with Crippen molar-refractivity contribution in [2.45, 2.75) is 39.5 Å². The second-order valence-corrected chi connectivity index (χ2v) is 3.08. The molecule has 0 saturated carbocycles. The monoisotopic (exact) mass is 197 g/mol. The van der Waals surface area contributed by atoms with Crippen molar-refractivity contribution in [3.8, 4) is 0 Å². The molecule has 0 aliphatic heterocycles. The number of allylic oxidation sites excluding steroid dienone is 1. The normalized spacial score (nSPS) is 10.4. The molecule has 1 N–H and O–H groups in total. The average molecular weight is 197 g/mol. The standard InChI is InChI=1S/C11H19NO2/c1-3-5-6-7-8-9-12-11(14)10(13)4-2/h6-7H,3-5,8-9H2,1-2H3,(H,12,14). The lowest BCUT2D eigenvalue weighted by Gasteiger charge is -1.99. The van der Waals surface area contributed by atoms with Crippen molar-refractivity contribution in [1.82, 2.24) is 5.32 Å². The largest absolute Gasteiger partial charge is 0.349 e. The van der Waals surface area contributed by atoms with Crippen molar-refractivity contribution in [1.29, 1.82) is 0 Å². The maximum atomic E-state index is 11.0. The average Bonchev–Trinajstić information content (AvgIpc) is 2.21. The zero-order valence-electron chi connectivity index (χ0n) is 9.01. The number of nitrogens with one attached hydrogen (secondary N) is 1. The summed E-state index contributed by atoms with van der Waals surface area (Å²) in [6.07, 6.45) is 7.40. The molecule has 0 aliphatic rings. The van der Waals surface area contributed by atoms with Gasteiger partial charge in [-0.15, -0.1) is 0 Å². The minimum absolute atomic E-state index is 0.275. The number of unbranched alkanes of at least 4 members (excludes halogenated alkanes) is 1. The van der Waals surface area contributed by atoms with Crippen LogP contribution in [0.15, 0.2) is 12.2 Å². The van der Waals surface area contributed by atoms with Crippen molar-refractivity contribution in [2.75, 3.05) is 6.54 Å². The fourth-order valence-corrected chi connectivity index (χ4v) is 0.931. The Balaban J connectivity index is 3.45. The van der Waals surface area contributed by atoms with E-state index in [1.165, 1.54) is 0 Å². The van der Waals surface area contributed by atoms with Crippen LogP contribution in [-0.2, 0) is 9.59 Å². The summed E-state index contributed by atoms with van der Waals surface area (Å²) in [5.74, 6) is -0.807. The van der Waals surface area contributed by atoms with Crippen molar-refractivity contribution >= 4 is 11.7 Å². The summed E-state index contributed by atoms with van der Waals surface area (Å²) >= 11 is 0. The Labute approximate surface area is 85.6 Å². The molecule has 80 valence electrons. The van der Waals surface area contributed by atoms with Gasteiger partial charge in [0.05, 0.1) is 0 Å². The molecule has 0 heterocycles. The molecule has 1 amide bonds. The molecular formula is C11H19NO2. The van der Waals surface area contributed by atoms with Crippen molar-refractivity contribution in [2.24, 2.45) is 0 Å². The van der Waals surface area contributed by atoms with Gasteiger partial charge in [0, 0.05) is 13.0 Å². The quantitative estimate of drug-likeness (QED) is 0.384. The van der Waals surface area contributed by atoms with Crippen LogP contribution in [0.1, 0.15) is 39.5 Å². The van der Waals surface area contributed by atoms with E-state index in [0.717, 1.165) is 19.3 Å². The molecule has 0 bridgehead atoms. The molecule has 0 aromatic carbocycles. The first-order valence-corrected chi connectivity index (χ1v) is 5.18. The van der Waals surface area contributed by atoms with Crippen molar-refractivity contribution in [3.63, 3.8) is 0 Å². The lowest BCUT2D eigenvalue weighted by atomic mass is 10.2. The summed E-state index contributed by atoms with van der Waals surface area (Å²) in [7, 11) is 0. The number of Topliss-reactive ketones (excluding diaryl/α,β-unsaturated/α-hetero) is 1. The highest BCUT2D eigenvalue weighted by Gasteiger charge is 2.08. The van der Waals surface area contributed by atoms with Gasteiger partial charge in [0.15, 0.2) is 0 Å². The van der Waals surface area contributed by atoms with Gasteiger partial charge in [0.1, 0.15) is 0 Å². The first-order chi connectivity index (χ1) is 6.72. The molecule has 0 aliphatic carbocycles. The van der Waals surface area contributed by atoms with Crippen LogP contribution in [0.4, 0.5) is 0 Å². The van der Waals surface area contributed by atoms with Crippen LogP contribution in [0.25, 0.3) is 0 Å². The minimum atomic E-state index is -0.462. The van der Waals surface area contributed by atoms with Gasteiger partial charge in [-0.2, -0.15) is 0 Å². The summed E-state index contributed by atoms with van der Waals surface area (Å²) in [6.45, 7) is 4.35. The van der Waals surface area contributed by atoms with E-state index < -0.39 is 5.91 Å². The molecule has 0 aromatic heterocycles. The van der Waals surface area contributed by atoms with Crippen molar-refractivity contribution in [3.05, 3.63) is 12.2 Å². The highest BCUT2D eigenvalue weighted by Crippen LogP contribution is 1.90. The smallest absolute Gasteiger partial charge is 0.287 e. The van der Waals surface area contributed by atoms with E-state index in [9.17, 15) is 9.59 Å². The first kappa shape index (κ1) is 12.9.